The van der Waals surface area contributed by atoms with Crippen molar-refractivity contribution in [3.63, 3.8) is 0 Å². The van der Waals surface area contributed by atoms with Crippen LogP contribution >= 0.6 is 0 Å². The molecule has 1 N–H and O–H groups in total. The lowest BCUT2D eigenvalue weighted by Crippen LogP contribution is -2.48. The molecule has 126 valence electrons. The van der Waals surface area contributed by atoms with Crippen LogP contribution in [0.2, 0.25) is 0 Å². The van der Waals surface area contributed by atoms with E-state index >= 15 is 0 Å². The van der Waals surface area contributed by atoms with Gasteiger partial charge >= 0.3 is 0 Å². The molecule has 1 heterocycles. The highest BCUT2D eigenvalue weighted by Crippen LogP contribution is 2.29. The Morgan fingerprint density at radius 3 is 2.35 bits per heavy atom. The Morgan fingerprint density at radius 1 is 1.13 bits per heavy atom. The number of amides is 1. The number of sulfonamides is 1. The van der Waals surface area contributed by atoms with E-state index in [1.165, 1.54) is 0 Å². The number of rotatable bonds is 4. The number of nitrogens with one attached hydrogen (secondary N) is 1. The second-order valence-electron chi connectivity index (χ2n) is 6.61. The maximum Gasteiger partial charge on any atom is 0.241 e. The summed E-state index contributed by atoms with van der Waals surface area (Å²) in [5, 5.41) is 0. The van der Waals surface area contributed by atoms with Gasteiger partial charge < -0.3 is 4.90 Å². The average molecular weight is 336 g/mol. The van der Waals surface area contributed by atoms with E-state index in [0.717, 1.165) is 24.8 Å². The van der Waals surface area contributed by atoms with Crippen molar-refractivity contribution in [2.75, 3.05) is 13.1 Å². The fourth-order valence-electron chi connectivity index (χ4n) is 3.27. The standard InChI is InChI=1S/C17H24N2O3S/c1-13-5-2-3-8-16(13)23(21,22)18-15-9-11-19(12-10-15)17(20)14-6-4-7-14/h2-3,5,8,14-15,18H,4,6-7,9-12H2,1H3. The van der Waals surface area contributed by atoms with Crippen LogP contribution in [0, 0.1) is 12.8 Å². The molecule has 1 aromatic carbocycles. The van der Waals surface area contributed by atoms with Crippen LogP contribution < -0.4 is 4.72 Å². The Labute approximate surface area is 138 Å². The summed E-state index contributed by atoms with van der Waals surface area (Å²) >= 11 is 0. The van der Waals surface area contributed by atoms with Gasteiger partial charge in [0, 0.05) is 25.0 Å². The molecule has 0 spiro atoms. The van der Waals surface area contributed by atoms with Gasteiger partial charge in [0.1, 0.15) is 0 Å². The minimum atomic E-state index is -3.49. The molecule has 3 rings (SSSR count). The summed E-state index contributed by atoms with van der Waals surface area (Å²) in [7, 11) is -3.49. The third-order valence-corrected chi connectivity index (χ3v) is 6.65. The molecule has 0 aromatic heterocycles. The fraction of sp³-hybridized carbons (Fsp3) is 0.588. The predicted molar refractivity (Wildman–Crippen MR) is 88.4 cm³/mol. The zero-order valence-electron chi connectivity index (χ0n) is 13.5. The summed E-state index contributed by atoms with van der Waals surface area (Å²) in [4.78, 5) is 14.5. The van der Waals surface area contributed by atoms with Gasteiger partial charge in [-0.25, -0.2) is 13.1 Å². The molecule has 0 atom stereocenters. The molecule has 5 nitrogen and oxygen atoms in total. The summed E-state index contributed by atoms with van der Waals surface area (Å²) in [6, 6.07) is 6.91. The quantitative estimate of drug-likeness (QED) is 0.915. The Bertz CT molecular complexity index is 675. The minimum Gasteiger partial charge on any atom is -0.342 e. The molecular formula is C17H24N2O3S. The highest BCUT2D eigenvalue weighted by Gasteiger charge is 2.32. The molecular weight excluding hydrogens is 312 g/mol. The molecule has 1 aliphatic carbocycles. The highest BCUT2D eigenvalue weighted by atomic mass is 32.2. The van der Waals surface area contributed by atoms with Crippen molar-refractivity contribution in [2.24, 2.45) is 5.92 Å². The molecule has 1 aromatic rings. The van der Waals surface area contributed by atoms with E-state index in [9.17, 15) is 13.2 Å². The minimum absolute atomic E-state index is 0.0925. The molecule has 0 bridgehead atoms. The van der Waals surface area contributed by atoms with Crippen LogP contribution in [0.25, 0.3) is 0 Å². The number of aryl methyl sites for hydroxylation is 1. The number of carbonyl (C=O) groups is 1. The predicted octanol–water partition coefficient (Wildman–Crippen LogP) is 2.06. The van der Waals surface area contributed by atoms with Gasteiger partial charge in [-0.05, 0) is 44.2 Å². The van der Waals surface area contributed by atoms with Crippen molar-refractivity contribution in [3.05, 3.63) is 29.8 Å². The summed E-state index contributed by atoms with van der Waals surface area (Å²) in [5.74, 6) is 0.478. The van der Waals surface area contributed by atoms with Gasteiger partial charge in [-0.1, -0.05) is 24.6 Å². The molecule has 0 radical (unpaired) electrons. The van der Waals surface area contributed by atoms with Gasteiger partial charge in [-0.2, -0.15) is 0 Å². The van der Waals surface area contributed by atoms with E-state index in [-0.39, 0.29) is 17.9 Å². The van der Waals surface area contributed by atoms with Gasteiger partial charge in [0.25, 0.3) is 0 Å². The van der Waals surface area contributed by atoms with Gasteiger partial charge in [0.15, 0.2) is 0 Å². The van der Waals surface area contributed by atoms with E-state index in [1.807, 2.05) is 11.0 Å². The molecule has 2 aliphatic rings. The number of likely N-dealkylation sites (tertiary alicyclic amines) is 1. The molecule has 1 saturated carbocycles. The van der Waals surface area contributed by atoms with E-state index in [2.05, 4.69) is 4.72 Å². The van der Waals surface area contributed by atoms with Crippen molar-refractivity contribution >= 4 is 15.9 Å². The van der Waals surface area contributed by atoms with Crippen LogP contribution in [-0.2, 0) is 14.8 Å². The van der Waals surface area contributed by atoms with Crippen LogP contribution in [0.5, 0.6) is 0 Å². The Morgan fingerprint density at radius 2 is 1.78 bits per heavy atom. The van der Waals surface area contributed by atoms with Crippen molar-refractivity contribution in [1.29, 1.82) is 0 Å². The molecule has 6 heteroatoms. The third-order valence-electron chi connectivity index (χ3n) is 4.97. The SMILES string of the molecule is Cc1ccccc1S(=O)(=O)NC1CCN(C(=O)C2CCC2)CC1. The number of nitrogens with zero attached hydrogens (tertiary/aromatic N) is 1. The van der Waals surface area contributed by atoms with E-state index in [0.29, 0.717) is 30.8 Å². The lowest BCUT2D eigenvalue weighted by molar-refractivity contribution is -0.139. The fourth-order valence-corrected chi connectivity index (χ4v) is 4.82. The van der Waals surface area contributed by atoms with E-state index in [1.54, 1.807) is 25.1 Å². The monoisotopic (exact) mass is 336 g/mol. The summed E-state index contributed by atoms with van der Waals surface area (Å²) < 4.78 is 27.8. The molecule has 0 unspecified atom stereocenters. The normalized spacial score (nSPS) is 20.3. The van der Waals surface area contributed by atoms with Gasteiger partial charge in [-0.15, -0.1) is 0 Å². The number of hydrogen-bond donors (Lipinski definition) is 1. The summed E-state index contributed by atoms with van der Waals surface area (Å²) in [6.45, 7) is 3.10. The second kappa shape index (κ2) is 6.61. The first-order chi connectivity index (χ1) is 11.0. The van der Waals surface area contributed by atoms with Gasteiger partial charge in [0.05, 0.1) is 4.90 Å². The van der Waals surface area contributed by atoms with Crippen LogP contribution in [0.15, 0.2) is 29.2 Å². The first-order valence-corrected chi connectivity index (χ1v) is 9.82. The molecule has 23 heavy (non-hydrogen) atoms. The van der Waals surface area contributed by atoms with Crippen molar-refractivity contribution in [2.45, 2.75) is 50.0 Å². The van der Waals surface area contributed by atoms with Crippen LogP contribution in [0.1, 0.15) is 37.7 Å². The average Bonchev–Trinajstić information content (AvgIpc) is 2.46. The Balaban J connectivity index is 1.58. The first-order valence-electron chi connectivity index (χ1n) is 8.34. The summed E-state index contributed by atoms with van der Waals surface area (Å²) in [6.07, 6.45) is 4.55. The number of carbonyl (C=O) groups excluding carboxylic acids is 1. The largest absolute Gasteiger partial charge is 0.342 e. The highest BCUT2D eigenvalue weighted by molar-refractivity contribution is 7.89. The Kier molecular flexibility index (Phi) is 4.73. The molecule has 2 fully saturated rings. The Hall–Kier alpha value is -1.40. The van der Waals surface area contributed by atoms with Crippen LogP contribution in [0.4, 0.5) is 0 Å². The van der Waals surface area contributed by atoms with Crippen LogP contribution in [0.3, 0.4) is 0 Å². The molecule has 1 amide bonds. The van der Waals surface area contributed by atoms with Crippen LogP contribution in [-0.4, -0.2) is 38.4 Å². The number of piperidine rings is 1. The summed E-state index contributed by atoms with van der Waals surface area (Å²) in [5.41, 5.74) is 0.748. The van der Waals surface area contributed by atoms with E-state index < -0.39 is 10.0 Å². The maximum absolute atomic E-state index is 12.5. The van der Waals surface area contributed by atoms with Crippen molar-refractivity contribution in [1.82, 2.24) is 9.62 Å². The van der Waals surface area contributed by atoms with E-state index in [4.69, 9.17) is 0 Å². The third kappa shape index (κ3) is 3.58. The van der Waals surface area contributed by atoms with Crippen molar-refractivity contribution < 1.29 is 13.2 Å². The zero-order chi connectivity index (χ0) is 16.4. The zero-order valence-corrected chi connectivity index (χ0v) is 14.3. The number of benzene rings is 1. The second-order valence-corrected chi connectivity index (χ2v) is 8.30. The molecule has 1 saturated heterocycles. The topological polar surface area (TPSA) is 66.5 Å². The number of hydrogen-bond acceptors (Lipinski definition) is 3. The lowest BCUT2D eigenvalue weighted by atomic mass is 9.84. The van der Waals surface area contributed by atoms with Gasteiger partial charge in [-0.3, -0.25) is 4.79 Å². The first kappa shape index (κ1) is 16.5. The van der Waals surface area contributed by atoms with Crippen molar-refractivity contribution in [3.8, 4) is 0 Å². The maximum atomic E-state index is 12.5. The smallest absolute Gasteiger partial charge is 0.241 e. The lowest BCUT2D eigenvalue weighted by Gasteiger charge is -2.36. The molecule has 1 aliphatic heterocycles. The van der Waals surface area contributed by atoms with Gasteiger partial charge in [0.2, 0.25) is 15.9 Å².